The highest BCUT2D eigenvalue weighted by atomic mass is 16.5. The van der Waals surface area contributed by atoms with E-state index in [1.165, 1.54) is 5.56 Å². The Bertz CT molecular complexity index is 1070. The van der Waals surface area contributed by atoms with E-state index in [0.29, 0.717) is 13.1 Å². The number of furan rings is 1. The van der Waals surface area contributed by atoms with Gasteiger partial charge in [-0.2, -0.15) is 0 Å². The van der Waals surface area contributed by atoms with Crippen molar-refractivity contribution in [1.29, 1.82) is 0 Å². The van der Waals surface area contributed by atoms with Crippen LogP contribution in [0, 0.1) is 32.6 Å². The van der Waals surface area contributed by atoms with Gasteiger partial charge < -0.3 is 19.0 Å². The molecule has 2 saturated heterocycles. The minimum Gasteiger partial charge on any atom is -0.464 e. The third-order valence-electron chi connectivity index (χ3n) is 6.75. The van der Waals surface area contributed by atoms with Gasteiger partial charge in [0.15, 0.2) is 0 Å². The number of anilines is 1. The maximum Gasteiger partial charge on any atom is 0.234 e. The molecule has 0 saturated carbocycles. The molecule has 6 nitrogen and oxygen atoms in total. The third kappa shape index (κ3) is 2.74. The molecule has 1 spiro atoms. The zero-order valence-corrected chi connectivity index (χ0v) is 17.7. The van der Waals surface area contributed by atoms with Crippen molar-refractivity contribution in [1.82, 2.24) is 4.90 Å². The number of fused-ring (bicyclic) bond motifs is 1. The number of ether oxygens (including phenoxy) is 1. The summed E-state index contributed by atoms with van der Waals surface area (Å²) in [5.41, 5.74) is 2.46. The second-order valence-electron chi connectivity index (χ2n) is 8.80. The SMILES string of the molecule is Cc1ccc(CN(C)C(=O)[C@H]2[C@@H]3C=C[C@@]4(CN(c5ccc(C)c(C)c5)C(=O)[C@@H]24)O3)o1. The van der Waals surface area contributed by atoms with Crippen LogP contribution in [0.15, 0.2) is 46.9 Å². The van der Waals surface area contributed by atoms with Crippen molar-refractivity contribution in [2.24, 2.45) is 11.8 Å². The number of aryl methyl sites for hydroxylation is 3. The summed E-state index contributed by atoms with van der Waals surface area (Å²) in [6.07, 6.45) is 3.58. The van der Waals surface area contributed by atoms with Gasteiger partial charge in [-0.1, -0.05) is 18.2 Å². The lowest BCUT2D eigenvalue weighted by atomic mass is 9.76. The Morgan fingerprint density at radius 3 is 2.70 bits per heavy atom. The lowest BCUT2D eigenvalue weighted by molar-refractivity contribution is -0.139. The predicted octanol–water partition coefficient (Wildman–Crippen LogP) is 3.15. The Kier molecular flexibility index (Phi) is 4.19. The van der Waals surface area contributed by atoms with Crippen LogP contribution in [-0.2, 0) is 20.9 Å². The maximum atomic E-state index is 13.5. The van der Waals surface area contributed by atoms with Crippen LogP contribution in [0.5, 0.6) is 0 Å². The summed E-state index contributed by atoms with van der Waals surface area (Å²) >= 11 is 0. The van der Waals surface area contributed by atoms with Crippen molar-refractivity contribution in [3.05, 3.63) is 65.1 Å². The second-order valence-corrected chi connectivity index (χ2v) is 8.80. The van der Waals surface area contributed by atoms with Gasteiger partial charge in [0.05, 0.1) is 31.0 Å². The number of benzene rings is 1. The molecule has 156 valence electrons. The minimum absolute atomic E-state index is 0.0364. The molecule has 2 aromatic rings. The molecule has 4 atom stereocenters. The lowest BCUT2D eigenvalue weighted by Gasteiger charge is -2.27. The van der Waals surface area contributed by atoms with E-state index in [-0.39, 0.29) is 17.9 Å². The van der Waals surface area contributed by atoms with Crippen LogP contribution in [0.1, 0.15) is 22.6 Å². The molecule has 2 fully saturated rings. The van der Waals surface area contributed by atoms with Gasteiger partial charge in [0.2, 0.25) is 11.8 Å². The van der Waals surface area contributed by atoms with Crippen molar-refractivity contribution >= 4 is 17.5 Å². The molecule has 0 N–H and O–H groups in total. The summed E-state index contributed by atoms with van der Waals surface area (Å²) in [5.74, 6) is 0.409. The van der Waals surface area contributed by atoms with Gasteiger partial charge in [0, 0.05) is 12.7 Å². The molecule has 1 aromatic carbocycles. The first-order chi connectivity index (χ1) is 14.3. The first-order valence-electron chi connectivity index (χ1n) is 10.4. The van der Waals surface area contributed by atoms with Crippen LogP contribution >= 0.6 is 0 Å². The van der Waals surface area contributed by atoms with Gasteiger partial charge in [-0.25, -0.2) is 0 Å². The molecule has 4 heterocycles. The second kappa shape index (κ2) is 6.57. The van der Waals surface area contributed by atoms with E-state index in [1.807, 2.05) is 56.3 Å². The quantitative estimate of drug-likeness (QED) is 0.732. The van der Waals surface area contributed by atoms with Gasteiger partial charge in [0.1, 0.15) is 17.1 Å². The van der Waals surface area contributed by atoms with E-state index < -0.39 is 17.4 Å². The monoisotopic (exact) mass is 406 g/mol. The Hall–Kier alpha value is -2.86. The van der Waals surface area contributed by atoms with E-state index in [4.69, 9.17) is 9.15 Å². The first kappa shape index (κ1) is 19.1. The highest BCUT2D eigenvalue weighted by Gasteiger charge is 2.67. The molecule has 2 bridgehead atoms. The van der Waals surface area contributed by atoms with Gasteiger partial charge in [-0.15, -0.1) is 0 Å². The largest absolute Gasteiger partial charge is 0.464 e. The minimum atomic E-state index is -0.719. The average Bonchev–Trinajstić information content (AvgIpc) is 3.45. The molecule has 3 aliphatic heterocycles. The van der Waals surface area contributed by atoms with Gasteiger partial charge in [-0.3, -0.25) is 9.59 Å². The van der Waals surface area contributed by atoms with Crippen LogP contribution < -0.4 is 4.90 Å². The summed E-state index contributed by atoms with van der Waals surface area (Å²) in [5, 5.41) is 0. The van der Waals surface area contributed by atoms with Crippen LogP contribution in [0.4, 0.5) is 5.69 Å². The summed E-state index contributed by atoms with van der Waals surface area (Å²) in [6.45, 7) is 6.78. The number of amides is 2. The molecule has 0 unspecified atom stereocenters. The predicted molar refractivity (Wildman–Crippen MR) is 112 cm³/mol. The number of hydrogen-bond acceptors (Lipinski definition) is 4. The average molecular weight is 406 g/mol. The molecular formula is C24H26N2O4. The molecule has 0 radical (unpaired) electrons. The molecule has 2 amide bonds. The lowest BCUT2D eigenvalue weighted by Crippen LogP contribution is -2.44. The van der Waals surface area contributed by atoms with Crippen molar-refractivity contribution in [3.63, 3.8) is 0 Å². The number of carbonyl (C=O) groups excluding carboxylic acids is 2. The van der Waals surface area contributed by atoms with Gasteiger partial charge >= 0.3 is 0 Å². The molecule has 30 heavy (non-hydrogen) atoms. The van der Waals surface area contributed by atoms with E-state index in [9.17, 15) is 9.59 Å². The summed E-state index contributed by atoms with van der Waals surface area (Å²) in [7, 11) is 1.75. The fourth-order valence-corrected chi connectivity index (χ4v) is 5.03. The maximum absolute atomic E-state index is 13.5. The Morgan fingerprint density at radius 1 is 1.20 bits per heavy atom. The standard InChI is InChI=1S/C24H26N2O4/c1-14-5-7-17(11-15(14)2)26-13-24-10-9-19(30-24)20(21(24)23(26)28)22(27)25(4)12-18-8-6-16(3)29-18/h5-11,19-21H,12-13H2,1-4H3/t19-,20-,21+,24-/m0/s1. The van der Waals surface area contributed by atoms with Crippen LogP contribution in [-0.4, -0.2) is 42.0 Å². The van der Waals surface area contributed by atoms with E-state index in [1.54, 1.807) is 16.8 Å². The number of hydrogen-bond donors (Lipinski definition) is 0. The van der Waals surface area contributed by atoms with Crippen molar-refractivity contribution < 1.29 is 18.7 Å². The Morgan fingerprint density at radius 2 is 2.00 bits per heavy atom. The fraction of sp³-hybridized carbons (Fsp3) is 0.417. The number of rotatable bonds is 4. The van der Waals surface area contributed by atoms with Gasteiger partial charge in [0.25, 0.3) is 0 Å². The highest BCUT2D eigenvalue weighted by Crippen LogP contribution is 2.53. The molecule has 3 aliphatic rings. The Balaban J connectivity index is 1.42. The highest BCUT2D eigenvalue weighted by molar-refractivity contribution is 6.03. The molecule has 0 aliphatic carbocycles. The molecular weight excluding hydrogens is 380 g/mol. The topological polar surface area (TPSA) is 63.0 Å². The first-order valence-corrected chi connectivity index (χ1v) is 10.4. The van der Waals surface area contributed by atoms with Gasteiger partial charge in [-0.05, 0) is 56.2 Å². The normalized spacial score (nSPS) is 29.0. The molecule has 6 heteroatoms. The summed E-state index contributed by atoms with van der Waals surface area (Å²) in [4.78, 5) is 30.3. The molecule has 5 rings (SSSR count). The zero-order chi connectivity index (χ0) is 21.2. The van der Waals surface area contributed by atoms with E-state index in [0.717, 1.165) is 22.8 Å². The van der Waals surface area contributed by atoms with Crippen molar-refractivity contribution in [3.8, 4) is 0 Å². The van der Waals surface area contributed by atoms with Crippen LogP contribution in [0.2, 0.25) is 0 Å². The fourth-order valence-electron chi connectivity index (χ4n) is 5.03. The zero-order valence-electron chi connectivity index (χ0n) is 17.7. The molecule has 1 aromatic heterocycles. The van der Waals surface area contributed by atoms with Crippen molar-refractivity contribution in [2.45, 2.75) is 39.0 Å². The number of carbonyl (C=O) groups is 2. The summed E-state index contributed by atoms with van der Waals surface area (Å²) < 4.78 is 11.9. The number of nitrogens with zero attached hydrogens (tertiary/aromatic N) is 2. The van der Waals surface area contributed by atoms with Crippen LogP contribution in [0.3, 0.4) is 0 Å². The van der Waals surface area contributed by atoms with Crippen molar-refractivity contribution in [2.75, 3.05) is 18.5 Å². The smallest absolute Gasteiger partial charge is 0.234 e. The summed E-state index contributed by atoms with van der Waals surface area (Å²) in [6, 6.07) is 9.78. The van der Waals surface area contributed by atoms with E-state index in [2.05, 4.69) is 6.92 Å². The van der Waals surface area contributed by atoms with E-state index >= 15 is 0 Å². The Labute approximate surface area is 176 Å². The van der Waals surface area contributed by atoms with Crippen LogP contribution in [0.25, 0.3) is 0 Å². The third-order valence-corrected chi connectivity index (χ3v) is 6.75.